The molecule has 1 amide bonds. The molecule has 104 valence electrons. The first-order valence-corrected chi connectivity index (χ1v) is 7.33. The maximum Gasteiger partial charge on any atom is 0.277 e. The third-order valence-corrected chi connectivity index (χ3v) is 3.75. The van der Waals surface area contributed by atoms with Gasteiger partial charge in [-0.15, -0.1) is 0 Å². The molecule has 0 aromatic heterocycles. The van der Waals surface area contributed by atoms with Gasteiger partial charge in [0.25, 0.3) is 5.91 Å². The SMILES string of the molecule is CC(C)CC[NH2+]CC(=O)N1CCc2ccccc2C1. The summed E-state index contributed by atoms with van der Waals surface area (Å²) in [4.78, 5) is 14.1. The molecule has 2 N–H and O–H groups in total. The van der Waals surface area contributed by atoms with E-state index in [0.29, 0.717) is 12.5 Å². The lowest BCUT2D eigenvalue weighted by Crippen LogP contribution is -2.86. The molecule has 0 spiro atoms. The van der Waals surface area contributed by atoms with Gasteiger partial charge in [-0.3, -0.25) is 4.79 Å². The van der Waals surface area contributed by atoms with E-state index in [9.17, 15) is 4.79 Å². The van der Waals surface area contributed by atoms with Crippen LogP contribution in [0.15, 0.2) is 24.3 Å². The van der Waals surface area contributed by atoms with Crippen molar-refractivity contribution < 1.29 is 10.1 Å². The Morgan fingerprint density at radius 1 is 1.32 bits per heavy atom. The summed E-state index contributed by atoms with van der Waals surface area (Å²) in [5.41, 5.74) is 2.71. The molecular formula is C16H25N2O+. The Balaban J connectivity index is 1.79. The highest BCUT2D eigenvalue weighted by Crippen LogP contribution is 2.17. The Morgan fingerprint density at radius 2 is 2.05 bits per heavy atom. The van der Waals surface area contributed by atoms with Crippen LogP contribution in [0.5, 0.6) is 0 Å². The normalized spacial score (nSPS) is 14.6. The van der Waals surface area contributed by atoms with Crippen LogP contribution in [-0.4, -0.2) is 30.4 Å². The molecule has 3 heteroatoms. The van der Waals surface area contributed by atoms with E-state index in [-0.39, 0.29) is 5.91 Å². The molecule has 19 heavy (non-hydrogen) atoms. The third-order valence-electron chi connectivity index (χ3n) is 3.75. The molecule has 0 bridgehead atoms. The van der Waals surface area contributed by atoms with Gasteiger partial charge in [0.05, 0.1) is 6.54 Å². The van der Waals surface area contributed by atoms with Crippen LogP contribution in [0.4, 0.5) is 0 Å². The first kappa shape index (κ1) is 14.1. The average molecular weight is 261 g/mol. The second-order valence-electron chi connectivity index (χ2n) is 5.80. The van der Waals surface area contributed by atoms with Crippen molar-refractivity contribution in [2.75, 3.05) is 19.6 Å². The first-order valence-electron chi connectivity index (χ1n) is 7.33. The van der Waals surface area contributed by atoms with Gasteiger partial charge in [0.2, 0.25) is 0 Å². The van der Waals surface area contributed by atoms with Crippen LogP contribution < -0.4 is 5.32 Å². The topological polar surface area (TPSA) is 36.9 Å². The van der Waals surface area contributed by atoms with Gasteiger partial charge >= 0.3 is 0 Å². The number of nitrogens with two attached hydrogens (primary N) is 1. The van der Waals surface area contributed by atoms with Crippen molar-refractivity contribution in [1.29, 1.82) is 0 Å². The van der Waals surface area contributed by atoms with Crippen LogP contribution in [-0.2, 0) is 17.8 Å². The Kier molecular flexibility index (Phi) is 4.97. The van der Waals surface area contributed by atoms with Crippen molar-refractivity contribution in [2.45, 2.75) is 33.2 Å². The first-order chi connectivity index (χ1) is 9.16. The minimum absolute atomic E-state index is 0.276. The molecule has 3 nitrogen and oxygen atoms in total. The summed E-state index contributed by atoms with van der Waals surface area (Å²) in [6.07, 6.45) is 2.17. The molecule has 1 aliphatic heterocycles. The van der Waals surface area contributed by atoms with Gasteiger partial charge in [-0.05, 0) is 29.9 Å². The van der Waals surface area contributed by atoms with Crippen molar-refractivity contribution in [2.24, 2.45) is 5.92 Å². The van der Waals surface area contributed by atoms with E-state index in [1.807, 2.05) is 4.90 Å². The summed E-state index contributed by atoms with van der Waals surface area (Å²) in [7, 11) is 0. The Morgan fingerprint density at radius 3 is 2.79 bits per heavy atom. The van der Waals surface area contributed by atoms with Gasteiger partial charge in [0, 0.05) is 13.1 Å². The van der Waals surface area contributed by atoms with Gasteiger partial charge in [0.15, 0.2) is 6.54 Å². The van der Waals surface area contributed by atoms with Crippen LogP contribution in [0.3, 0.4) is 0 Å². The van der Waals surface area contributed by atoms with Crippen LogP contribution in [0.2, 0.25) is 0 Å². The number of nitrogens with zero attached hydrogens (tertiary/aromatic N) is 1. The number of rotatable bonds is 5. The molecule has 0 aliphatic carbocycles. The van der Waals surface area contributed by atoms with E-state index in [1.165, 1.54) is 17.5 Å². The zero-order chi connectivity index (χ0) is 13.7. The van der Waals surface area contributed by atoms with Crippen LogP contribution in [0.25, 0.3) is 0 Å². The fourth-order valence-corrected chi connectivity index (χ4v) is 2.51. The van der Waals surface area contributed by atoms with Crippen molar-refractivity contribution in [3.63, 3.8) is 0 Å². The van der Waals surface area contributed by atoms with E-state index < -0.39 is 0 Å². The summed E-state index contributed by atoms with van der Waals surface area (Å²) in [6.45, 7) is 7.73. The van der Waals surface area contributed by atoms with E-state index in [1.54, 1.807) is 0 Å². The van der Waals surface area contributed by atoms with Crippen molar-refractivity contribution in [3.8, 4) is 0 Å². The molecule has 1 aromatic rings. The van der Waals surface area contributed by atoms with Crippen molar-refractivity contribution in [3.05, 3.63) is 35.4 Å². The fourth-order valence-electron chi connectivity index (χ4n) is 2.51. The molecule has 1 aromatic carbocycles. The van der Waals surface area contributed by atoms with Gasteiger partial charge < -0.3 is 10.2 Å². The van der Waals surface area contributed by atoms with E-state index in [0.717, 1.165) is 26.1 Å². The maximum absolute atomic E-state index is 12.1. The number of benzene rings is 1. The molecule has 0 fully saturated rings. The van der Waals surface area contributed by atoms with Gasteiger partial charge in [-0.25, -0.2) is 0 Å². The highest BCUT2D eigenvalue weighted by molar-refractivity contribution is 5.77. The standard InChI is InChI=1S/C16H24N2O/c1-13(2)7-9-17-11-16(19)18-10-8-14-5-3-4-6-15(14)12-18/h3-6,13,17H,7-12H2,1-2H3/p+1. The molecule has 0 unspecified atom stereocenters. The van der Waals surface area contributed by atoms with E-state index >= 15 is 0 Å². The van der Waals surface area contributed by atoms with Gasteiger partial charge in [-0.1, -0.05) is 38.1 Å². The van der Waals surface area contributed by atoms with E-state index in [4.69, 9.17) is 0 Å². The molecule has 1 aliphatic rings. The molecular weight excluding hydrogens is 236 g/mol. The van der Waals surface area contributed by atoms with E-state index in [2.05, 4.69) is 43.4 Å². The summed E-state index contributed by atoms with van der Waals surface area (Å²) < 4.78 is 0. The molecule has 0 radical (unpaired) electrons. The smallest absolute Gasteiger partial charge is 0.277 e. The number of hydrogen-bond donors (Lipinski definition) is 1. The summed E-state index contributed by atoms with van der Waals surface area (Å²) in [5, 5.41) is 2.14. The number of fused-ring (bicyclic) bond motifs is 1. The molecule has 2 rings (SSSR count). The lowest BCUT2D eigenvalue weighted by atomic mass is 10.00. The van der Waals surface area contributed by atoms with Gasteiger partial charge in [0.1, 0.15) is 0 Å². The second-order valence-corrected chi connectivity index (χ2v) is 5.80. The number of quaternary nitrogens is 1. The minimum Gasteiger partial charge on any atom is -0.338 e. The monoisotopic (exact) mass is 261 g/mol. The van der Waals surface area contributed by atoms with Crippen LogP contribution in [0.1, 0.15) is 31.4 Å². The maximum atomic E-state index is 12.1. The zero-order valence-corrected chi connectivity index (χ0v) is 12.1. The summed E-state index contributed by atoms with van der Waals surface area (Å²) in [5.74, 6) is 0.992. The lowest BCUT2D eigenvalue weighted by molar-refractivity contribution is -0.645. The highest BCUT2D eigenvalue weighted by Gasteiger charge is 2.20. The number of amides is 1. The van der Waals surface area contributed by atoms with Crippen LogP contribution >= 0.6 is 0 Å². The highest BCUT2D eigenvalue weighted by atomic mass is 16.2. The second kappa shape index (κ2) is 6.71. The molecule has 0 saturated heterocycles. The zero-order valence-electron chi connectivity index (χ0n) is 12.1. The predicted octanol–water partition coefficient (Wildman–Crippen LogP) is 1.18. The molecule has 1 heterocycles. The van der Waals surface area contributed by atoms with Crippen LogP contribution in [0, 0.1) is 5.92 Å². The van der Waals surface area contributed by atoms with Crippen molar-refractivity contribution >= 4 is 5.91 Å². The Bertz CT molecular complexity index is 429. The minimum atomic E-state index is 0.276. The average Bonchev–Trinajstić information content (AvgIpc) is 2.42. The lowest BCUT2D eigenvalue weighted by Gasteiger charge is -2.28. The van der Waals surface area contributed by atoms with Crippen molar-refractivity contribution in [1.82, 2.24) is 4.90 Å². The number of carbonyl (C=O) groups is 1. The Labute approximate surface area is 116 Å². The summed E-state index contributed by atoms with van der Waals surface area (Å²) in [6, 6.07) is 8.45. The Hall–Kier alpha value is -1.35. The summed E-state index contributed by atoms with van der Waals surface area (Å²) >= 11 is 0. The molecule has 0 saturated carbocycles. The molecule has 0 atom stereocenters. The third kappa shape index (κ3) is 4.06. The number of carbonyl (C=O) groups excluding carboxylic acids is 1. The largest absolute Gasteiger partial charge is 0.338 e. The van der Waals surface area contributed by atoms with Gasteiger partial charge in [-0.2, -0.15) is 0 Å². The number of hydrogen-bond acceptors (Lipinski definition) is 1. The predicted molar refractivity (Wildman–Crippen MR) is 76.7 cm³/mol. The fraction of sp³-hybridized carbons (Fsp3) is 0.562. The quantitative estimate of drug-likeness (QED) is 0.794.